The fourth-order valence-corrected chi connectivity index (χ4v) is 3.94. The van der Waals surface area contributed by atoms with Gasteiger partial charge in [0.1, 0.15) is 6.04 Å². The molecular formula is C24H39N3O2. The van der Waals surface area contributed by atoms with Crippen LogP contribution in [-0.2, 0) is 22.7 Å². The molecule has 0 unspecified atom stereocenters. The molecule has 1 aliphatic rings. The number of carbonyl (C=O) groups is 2. The Morgan fingerprint density at radius 2 is 1.59 bits per heavy atom. The van der Waals surface area contributed by atoms with Crippen LogP contribution in [0, 0.1) is 11.8 Å². The van der Waals surface area contributed by atoms with Gasteiger partial charge in [-0.1, -0.05) is 71.2 Å². The highest BCUT2D eigenvalue weighted by atomic mass is 16.2. The van der Waals surface area contributed by atoms with Gasteiger partial charge in [0.25, 0.3) is 0 Å². The molecule has 2 rings (SSSR count). The van der Waals surface area contributed by atoms with Crippen molar-refractivity contribution in [1.29, 1.82) is 0 Å². The first kappa shape index (κ1) is 23.4. The van der Waals surface area contributed by atoms with Gasteiger partial charge < -0.3 is 10.6 Å². The minimum absolute atomic E-state index is 0.0410. The molecule has 1 atom stereocenters. The van der Waals surface area contributed by atoms with Crippen LogP contribution in [0.15, 0.2) is 24.3 Å². The minimum Gasteiger partial charge on any atom is -0.350 e. The van der Waals surface area contributed by atoms with Crippen molar-refractivity contribution in [3.8, 4) is 0 Å². The molecule has 1 saturated carbocycles. The average molecular weight is 402 g/mol. The van der Waals surface area contributed by atoms with Gasteiger partial charge in [0, 0.05) is 19.0 Å². The highest BCUT2D eigenvalue weighted by Crippen LogP contribution is 2.24. The third-order valence-electron chi connectivity index (χ3n) is 6.01. The van der Waals surface area contributed by atoms with Crippen LogP contribution < -0.4 is 10.6 Å². The number of hydrogen-bond donors (Lipinski definition) is 2. The first-order chi connectivity index (χ1) is 13.9. The van der Waals surface area contributed by atoms with Gasteiger partial charge in [-0.3, -0.25) is 14.5 Å². The van der Waals surface area contributed by atoms with Crippen LogP contribution in [-0.4, -0.2) is 35.8 Å². The number of hydrogen-bond acceptors (Lipinski definition) is 3. The third kappa shape index (κ3) is 7.46. The average Bonchev–Trinajstić information content (AvgIpc) is 2.75. The summed E-state index contributed by atoms with van der Waals surface area (Å²) < 4.78 is 0. The van der Waals surface area contributed by atoms with E-state index in [-0.39, 0.29) is 23.7 Å². The van der Waals surface area contributed by atoms with E-state index in [0.29, 0.717) is 6.54 Å². The van der Waals surface area contributed by atoms with Gasteiger partial charge in [0.15, 0.2) is 0 Å². The second kappa shape index (κ2) is 12.0. The zero-order chi connectivity index (χ0) is 21.2. The summed E-state index contributed by atoms with van der Waals surface area (Å²) >= 11 is 0. The smallest absolute Gasteiger partial charge is 0.243 e. The summed E-state index contributed by atoms with van der Waals surface area (Å²) in [7, 11) is 0. The highest BCUT2D eigenvalue weighted by Gasteiger charge is 2.28. The Morgan fingerprint density at radius 1 is 1.00 bits per heavy atom. The molecule has 0 aromatic heterocycles. The third-order valence-corrected chi connectivity index (χ3v) is 6.01. The molecule has 0 saturated heterocycles. The standard InChI is InChI=1S/C24H39N3O2/c1-5-27(6-2)17-20-14-12-19(13-15-20)16-25-24(29)22(18(3)4)26-23(28)21-10-8-7-9-11-21/h12-15,18,21-22H,5-11,16-17H2,1-4H3,(H,25,29)(H,26,28)/t22-/m0/s1. The van der Waals surface area contributed by atoms with Gasteiger partial charge >= 0.3 is 0 Å². The van der Waals surface area contributed by atoms with Crippen molar-refractivity contribution in [3.05, 3.63) is 35.4 Å². The number of amides is 2. The van der Waals surface area contributed by atoms with Gasteiger partial charge in [-0.05, 0) is 43.0 Å². The molecule has 1 fully saturated rings. The summed E-state index contributed by atoms with van der Waals surface area (Å²) in [6.07, 6.45) is 5.32. The van der Waals surface area contributed by atoms with E-state index in [4.69, 9.17) is 0 Å². The summed E-state index contributed by atoms with van der Waals surface area (Å²) in [6.45, 7) is 11.8. The number of nitrogens with zero attached hydrogens (tertiary/aromatic N) is 1. The van der Waals surface area contributed by atoms with Gasteiger partial charge in [0.2, 0.25) is 11.8 Å². The first-order valence-corrected chi connectivity index (χ1v) is 11.3. The lowest BCUT2D eigenvalue weighted by Crippen LogP contribution is -2.51. The molecule has 0 radical (unpaired) electrons. The van der Waals surface area contributed by atoms with E-state index in [1.807, 2.05) is 13.8 Å². The van der Waals surface area contributed by atoms with Crippen molar-refractivity contribution < 1.29 is 9.59 Å². The van der Waals surface area contributed by atoms with Crippen LogP contribution in [0.3, 0.4) is 0 Å². The summed E-state index contributed by atoms with van der Waals surface area (Å²) in [5.41, 5.74) is 2.35. The summed E-state index contributed by atoms with van der Waals surface area (Å²) in [5, 5.41) is 6.02. The Labute approximate surface area is 176 Å². The molecule has 29 heavy (non-hydrogen) atoms. The van der Waals surface area contributed by atoms with E-state index in [9.17, 15) is 9.59 Å². The molecule has 5 heteroatoms. The molecular weight excluding hydrogens is 362 g/mol. The molecule has 0 spiro atoms. The molecule has 5 nitrogen and oxygen atoms in total. The largest absolute Gasteiger partial charge is 0.350 e. The van der Waals surface area contributed by atoms with Crippen molar-refractivity contribution in [1.82, 2.24) is 15.5 Å². The lowest BCUT2D eigenvalue weighted by Gasteiger charge is -2.26. The lowest BCUT2D eigenvalue weighted by atomic mass is 9.88. The molecule has 1 aliphatic carbocycles. The molecule has 2 amide bonds. The zero-order valence-electron chi connectivity index (χ0n) is 18.7. The Bertz CT molecular complexity index is 632. The predicted molar refractivity (Wildman–Crippen MR) is 118 cm³/mol. The number of benzene rings is 1. The van der Waals surface area contributed by atoms with E-state index >= 15 is 0 Å². The van der Waals surface area contributed by atoms with Crippen molar-refractivity contribution >= 4 is 11.8 Å². The van der Waals surface area contributed by atoms with E-state index in [0.717, 1.165) is 50.9 Å². The molecule has 1 aromatic carbocycles. The fourth-order valence-electron chi connectivity index (χ4n) is 3.94. The number of rotatable bonds is 10. The monoisotopic (exact) mass is 401 g/mol. The Kier molecular flexibility index (Phi) is 9.65. The minimum atomic E-state index is -0.480. The van der Waals surface area contributed by atoms with Crippen molar-refractivity contribution in [2.45, 2.75) is 78.9 Å². The molecule has 0 aliphatic heterocycles. The fraction of sp³-hybridized carbons (Fsp3) is 0.667. The van der Waals surface area contributed by atoms with Crippen molar-refractivity contribution in [3.63, 3.8) is 0 Å². The van der Waals surface area contributed by atoms with Crippen LogP contribution >= 0.6 is 0 Å². The topological polar surface area (TPSA) is 61.4 Å². The quantitative estimate of drug-likeness (QED) is 0.626. The van der Waals surface area contributed by atoms with Crippen LogP contribution in [0.2, 0.25) is 0 Å². The Hall–Kier alpha value is -1.88. The van der Waals surface area contributed by atoms with E-state index < -0.39 is 6.04 Å². The van der Waals surface area contributed by atoms with Gasteiger partial charge in [-0.25, -0.2) is 0 Å². The van der Waals surface area contributed by atoms with Crippen molar-refractivity contribution in [2.75, 3.05) is 13.1 Å². The summed E-state index contributed by atoms with van der Waals surface area (Å²) in [6, 6.07) is 7.93. The normalized spacial score (nSPS) is 16.1. The Balaban J connectivity index is 1.87. The van der Waals surface area contributed by atoms with Gasteiger partial charge in [0.05, 0.1) is 0 Å². The SMILES string of the molecule is CCN(CC)Cc1ccc(CNC(=O)[C@@H](NC(=O)C2CCCCC2)C(C)C)cc1. The highest BCUT2D eigenvalue weighted by molar-refractivity contribution is 5.88. The Morgan fingerprint density at radius 3 is 2.14 bits per heavy atom. The lowest BCUT2D eigenvalue weighted by molar-refractivity contribution is -0.132. The van der Waals surface area contributed by atoms with E-state index in [1.165, 1.54) is 12.0 Å². The van der Waals surface area contributed by atoms with Gasteiger partial charge in [-0.2, -0.15) is 0 Å². The number of nitrogens with one attached hydrogen (secondary N) is 2. The summed E-state index contributed by atoms with van der Waals surface area (Å²) in [4.78, 5) is 27.7. The van der Waals surface area contributed by atoms with Crippen LogP contribution in [0.1, 0.15) is 70.9 Å². The van der Waals surface area contributed by atoms with Gasteiger partial charge in [-0.15, -0.1) is 0 Å². The first-order valence-electron chi connectivity index (χ1n) is 11.3. The second-order valence-electron chi connectivity index (χ2n) is 8.56. The maximum Gasteiger partial charge on any atom is 0.243 e. The molecule has 0 heterocycles. The molecule has 2 N–H and O–H groups in total. The number of carbonyl (C=O) groups excluding carboxylic acids is 2. The predicted octanol–water partition coefficient (Wildman–Crippen LogP) is 3.87. The van der Waals surface area contributed by atoms with Crippen LogP contribution in [0.4, 0.5) is 0 Å². The van der Waals surface area contributed by atoms with E-state index in [1.54, 1.807) is 0 Å². The maximum absolute atomic E-state index is 12.7. The zero-order valence-corrected chi connectivity index (χ0v) is 18.7. The van der Waals surface area contributed by atoms with E-state index in [2.05, 4.69) is 53.6 Å². The van der Waals surface area contributed by atoms with Crippen molar-refractivity contribution in [2.24, 2.45) is 11.8 Å². The summed E-state index contributed by atoms with van der Waals surface area (Å²) in [5.74, 6) is 0.0609. The van der Waals surface area contributed by atoms with Crippen LogP contribution in [0.5, 0.6) is 0 Å². The molecule has 0 bridgehead atoms. The van der Waals surface area contributed by atoms with Crippen LogP contribution in [0.25, 0.3) is 0 Å². The maximum atomic E-state index is 12.7. The molecule has 1 aromatic rings. The second-order valence-corrected chi connectivity index (χ2v) is 8.56. The molecule has 162 valence electrons.